The largest absolute Gasteiger partial charge is 0.471 e. The Hall–Kier alpha value is -1.87. The fourth-order valence-corrected chi connectivity index (χ4v) is 4.55. The van der Waals surface area contributed by atoms with Gasteiger partial charge in [-0.1, -0.05) is 41.3 Å². The van der Waals surface area contributed by atoms with Crippen LogP contribution in [0.4, 0.5) is 18.9 Å². The Bertz CT molecular complexity index is 834. The molecule has 1 N–H and O–H groups in total. The Balaban J connectivity index is 2.01. The van der Waals surface area contributed by atoms with E-state index in [1.54, 1.807) is 17.5 Å². The molecule has 2 amide bonds. The number of hydrogen-bond acceptors (Lipinski definition) is 3. The summed E-state index contributed by atoms with van der Waals surface area (Å²) in [6.45, 7) is 0. The second kappa shape index (κ2) is 9.30. The molecule has 3 rings (SSSR count). The van der Waals surface area contributed by atoms with Crippen molar-refractivity contribution >= 4 is 44.8 Å². The summed E-state index contributed by atoms with van der Waals surface area (Å²) in [4.78, 5) is 26.5. The molecule has 2 aromatic rings. The Morgan fingerprint density at radius 3 is 2.31 bits per heavy atom. The molecule has 0 bridgehead atoms. The van der Waals surface area contributed by atoms with Gasteiger partial charge < -0.3 is 5.32 Å². The Kier molecular flexibility index (Phi) is 7.00. The fourth-order valence-electron chi connectivity index (χ4n) is 3.47. The van der Waals surface area contributed by atoms with Crippen LogP contribution < -0.4 is 10.2 Å². The molecule has 29 heavy (non-hydrogen) atoms. The van der Waals surface area contributed by atoms with Gasteiger partial charge >= 0.3 is 12.1 Å². The quantitative estimate of drug-likeness (QED) is 0.595. The first-order valence-electron chi connectivity index (χ1n) is 9.27. The summed E-state index contributed by atoms with van der Waals surface area (Å²) < 4.78 is 41.0. The second-order valence-corrected chi connectivity index (χ2v) is 8.81. The number of benzene rings is 1. The summed E-state index contributed by atoms with van der Waals surface area (Å²) in [6.07, 6.45) is -0.534. The van der Waals surface area contributed by atoms with E-state index in [0.29, 0.717) is 14.2 Å². The molecule has 1 atom stereocenters. The van der Waals surface area contributed by atoms with Gasteiger partial charge in [-0.25, -0.2) is 0 Å². The number of carbonyl (C=O) groups is 2. The van der Waals surface area contributed by atoms with Crippen molar-refractivity contribution in [1.82, 2.24) is 5.32 Å². The van der Waals surface area contributed by atoms with E-state index in [4.69, 9.17) is 0 Å². The summed E-state index contributed by atoms with van der Waals surface area (Å²) in [7, 11) is 0. The smallest absolute Gasteiger partial charge is 0.351 e. The topological polar surface area (TPSA) is 49.4 Å². The van der Waals surface area contributed by atoms with E-state index < -0.39 is 24.0 Å². The van der Waals surface area contributed by atoms with E-state index in [2.05, 4.69) is 21.2 Å². The van der Waals surface area contributed by atoms with Gasteiger partial charge in [-0.2, -0.15) is 13.2 Å². The van der Waals surface area contributed by atoms with Crippen LogP contribution >= 0.6 is 27.3 Å². The Morgan fingerprint density at radius 1 is 1.10 bits per heavy atom. The highest BCUT2D eigenvalue weighted by atomic mass is 79.9. The molecule has 0 radical (unpaired) electrons. The van der Waals surface area contributed by atoms with Gasteiger partial charge in [-0.3, -0.25) is 14.5 Å². The Labute approximate surface area is 179 Å². The lowest BCUT2D eigenvalue weighted by Crippen LogP contribution is -2.50. The van der Waals surface area contributed by atoms with Crippen molar-refractivity contribution in [2.45, 2.75) is 50.4 Å². The van der Waals surface area contributed by atoms with Gasteiger partial charge in [0, 0.05) is 21.1 Å². The van der Waals surface area contributed by atoms with E-state index >= 15 is 0 Å². The first-order valence-corrected chi connectivity index (χ1v) is 10.9. The summed E-state index contributed by atoms with van der Waals surface area (Å²) in [5.41, 5.74) is 0.00715. The number of rotatable bonds is 5. The molecule has 1 unspecified atom stereocenters. The van der Waals surface area contributed by atoms with Crippen molar-refractivity contribution in [3.05, 3.63) is 51.1 Å². The predicted molar refractivity (Wildman–Crippen MR) is 110 cm³/mol. The first-order chi connectivity index (χ1) is 13.8. The number of thiophene rings is 1. The lowest BCUT2D eigenvalue weighted by molar-refractivity contribution is -0.171. The number of nitrogens with zero attached hydrogens (tertiary/aromatic N) is 1. The molecule has 1 heterocycles. The summed E-state index contributed by atoms with van der Waals surface area (Å²) in [5.74, 6) is -2.67. The Morgan fingerprint density at radius 2 is 1.76 bits per heavy atom. The van der Waals surface area contributed by atoms with Crippen LogP contribution in [0.25, 0.3) is 0 Å². The van der Waals surface area contributed by atoms with Crippen molar-refractivity contribution < 1.29 is 22.8 Å². The zero-order chi connectivity index (χ0) is 21.0. The zero-order valence-corrected chi connectivity index (χ0v) is 17.8. The third-order valence-corrected chi connectivity index (χ3v) is 6.29. The highest BCUT2D eigenvalue weighted by Gasteiger charge is 2.47. The normalized spacial score (nSPS) is 16.3. The molecule has 9 heteroatoms. The van der Waals surface area contributed by atoms with Crippen molar-refractivity contribution in [1.29, 1.82) is 0 Å². The van der Waals surface area contributed by atoms with Crippen molar-refractivity contribution in [2.24, 2.45) is 0 Å². The number of nitrogens with one attached hydrogen (secondary N) is 1. The molecule has 1 aromatic heterocycles. The molecule has 4 nitrogen and oxygen atoms in total. The molecule has 0 spiro atoms. The van der Waals surface area contributed by atoms with E-state index in [-0.39, 0.29) is 11.7 Å². The number of amides is 2. The maximum Gasteiger partial charge on any atom is 0.471 e. The molecule has 0 aliphatic heterocycles. The van der Waals surface area contributed by atoms with Gasteiger partial charge in [-0.05, 0) is 48.6 Å². The van der Waals surface area contributed by atoms with E-state index in [1.165, 1.54) is 24.3 Å². The third-order valence-electron chi connectivity index (χ3n) is 4.84. The fraction of sp³-hybridized carbons (Fsp3) is 0.400. The predicted octanol–water partition coefficient (Wildman–Crippen LogP) is 5.60. The second-order valence-electron chi connectivity index (χ2n) is 6.91. The van der Waals surface area contributed by atoms with Crippen LogP contribution in [-0.2, 0) is 9.59 Å². The van der Waals surface area contributed by atoms with E-state index in [1.807, 2.05) is 0 Å². The zero-order valence-electron chi connectivity index (χ0n) is 15.4. The maximum absolute atomic E-state index is 13.5. The van der Waals surface area contributed by atoms with Crippen LogP contribution in [0.1, 0.15) is 43.0 Å². The SMILES string of the molecule is O=C(NC1CCCCC1)C(c1cccs1)N(C(=O)C(F)(F)F)c1ccc(Br)cc1. The highest BCUT2D eigenvalue weighted by molar-refractivity contribution is 9.10. The lowest BCUT2D eigenvalue weighted by atomic mass is 9.95. The third kappa shape index (κ3) is 5.39. The van der Waals surface area contributed by atoms with Crippen molar-refractivity contribution in [3.8, 4) is 0 Å². The van der Waals surface area contributed by atoms with Crippen LogP contribution in [-0.4, -0.2) is 24.0 Å². The molecular formula is C20H20BrF3N2O2S. The number of alkyl halides is 3. The maximum atomic E-state index is 13.5. The monoisotopic (exact) mass is 488 g/mol. The van der Waals surface area contributed by atoms with Gasteiger partial charge in [0.25, 0.3) is 0 Å². The average Bonchev–Trinajstić information content (AvgIpc) is 3.20. The van der Waals surface area contributed by atoms with Gasteiger partial charge in [0.15, 0.2) is 6.04 Å². The number of carbonyl (C=O) groups excluding carboxylic acids is 2. The van der Waals surface area contributed by atoms with Crippen LogP contribution in [0.3, 0.4) is 0 Å². The summed E-state index contributed by atoms with van der Waals surface area (Å²) in [5, 5.41) is 4.55. The summed E-state index contributed by atoms with van der Waals surface area (Å²) in [6, 6.07) is 7.60. The van der Waals surface area contributed by atoms with Gasteiger partial charge in [-0.15, -0.1) is 11.3 Å². The minimum absolute atomic E-state index is 0.00715. The minimum atomic E-state index is -5.12. The van der Waals surface area contributed by atoms with E-state index in [9.17, 15) is 22.8 Å². The standard InChI is InChI=1S/C20H20BrF3N2O2S/c21-13-8-10-15(11-9-13)26(19(28)20(22,23)24)17(16-7-4-12-29-16)18(27)25-14-5-2-1-3-6-14/h4,7-12,14,17H,1-3,5-6H2,(H,25,27). The number of anilines is 1. The first kappa shape index (κ1) is 21.8. The lowest BCUT2D eigenvalue weighted by Gasteiger charge is -2.33. The van der Waals surface area contributed by atoms with Crippen molar-refractivity contribution in [2.75, 3.05) is 4.90 Å². The molecule has 1 saturated carbocycles. The molecule has 156 valence electrons. The summed E-state index contributed by atoms with van der Waals surface area (Å²) >= 11 is 4.38. The molecule has 0 saturated heterocycles. The van der Waals surface area contributed by atoms with Crippen LogP contribution in [0, 0.1) is 0 Å². The van der Waals surface area contributed by atoms with Crippen molar-refractivity contribution in [3.63, 3.8) is 0 Å². The van der Waals surface area contributed by atoms with Gasteiger partial charge in [0.2, 0.25) is 5.91 Å². The molecule has 1 aliphatic rings. The molecule has 1 aromatic carbocycles. The van der Waals surface area contributed by atoms with Crippen LogP contribution in [0.2, 0.25) is 0 Å². The number of hydrogen-bond donors (Lipinski definition) is 1. The molecule has 1 aliphatic carbocycles. The molecule has 1 fully saturated rings. The molecular weight excluding hydrogens is 469 g/mol. The van der Waals surface area contributed by atoms with E-state index in [0.717, 1.165) is 43.4 Å². The van der Waals surface area contributed by atoms with Crippen LogP contribution in [0.5, 0.6) is 0 Å². The van der Waals surface area contributed by atoms with Gasteiger partial charge in [0.05, 0.1) is 0 Å². The van der Waals surface area contributed by atoms with Crippen LogP contribution in [0.15, 0.2) is 46.3 Å². The van der Waals surface area contributed by atoms with Gasteiger partial charge in [0.1, 0.15) is 0 Å². The number of halogens is 4. The minimum Gasteiger partial charge on any atom is -0.351 e. The highest BCUT2D eigenvalue weighted by Crippen LogP contribution is 2.35. The average molecular weight is 489 g/mol.